The number of aromatic nitrogens is 2. The molecule has 2 aromatic rings. The van der Waals surface area contributed by atoms with Crippen molar-refractivity contribution in [2.24, 2.45) is 7.05 Å². The molecule has 0 radical (unpaired) electrons. The first kappa shape index (κ1) is 10.2. The Kier molecular flexibility index (Phi) is 2.10. The van der Waals surface area contributed by atoms with Crippen LogP contribution in [0.5, 0.6) is 0 Å². The fraction of sp³-hybridized carbons (Fsp3) is 0.462. The summed E-state index contributed by atoms with van der Waals surface area (Å²) in [5.74, 6) is 0. The van der Waals surface area contributed by atoms with Gasteiger partial charge in [-0.3, -0.25) is 4.98 Å². The maximum atomic E-state index is 4.55. The van der Waals surface area contributed by atoms with Gasteiger partial charge in [-0.15, -0.1) is 0 Å². The topological polar surface area (TPSA) is 17.8 Å². The van der Waals surface area contributed by atoms with E-state index in [4.69, 9.17) is 0 Å². The highest BCUT2D eigenvalue weighted by Crippen LogP contribution is 2.26. The molecule has 0 amide bonds. The van der Waals surface area contributed by atoms with Crippen molar-refractivity contribution in [3.05, 3.63) is 29.6 Å². The van der Waals surface area contributed by atoms with Crippen LogP contribution in [0.2, 0.25) is 0 Å². The van der Waals surface area contributed by atoms with E-state index in [0.29, 0.717) is 0 Å². The Morgan fingerprint density at radius 1 is 1.27 bits per heavy atom. The van der Waals surface area contributed by atoms with E-state index in [1.54, 1.807) is 0 Å². The first-order chi connectivity index (χ1) is 6.89. The van der Waals surface area contributed by atoms with Crippen LogP contribution in [0.15, 0.2) is 18.5 Å². The number of hydrogen-bond acceptors (Lipinski definition) is 1. The van der Waals surface area contributed by atoms with Gasteiger partial charge in [0.25, 0.3) is 0 Å². The summed E-state index contributed by atoms with van der Waals surface area (Å²) in [5.41, 5.74) is 5.04. The fourth-order valence-corrected chi connectivity index (χ4v) is 1.86. The van der Waals surface area contributed by atoms with Crippen molar-refractivity contribution in [2.45, 2.75) is 33.1 Å². The average Bonchev–Trinajstić information content (AvgIpc) is 2.41. The first-order valence-corrected chi connectivity index (χ1v) is 5.32. The standard InChI is InChI=1S/C13H18N2/c1-9-8-15(5)11-6-10(13(2,3)4)7-14-12(9)11/h6-8H,1-5H3. The molecule has 2 heterocycles. The molecule has 0 fully saturated rings. The van der Waals surface area contributed by atoms with Crippen LogP contribution in [0.25, 0.3) is 11.0 Å². The maximum absolute atomic E-state index is 4.55. The summed E-state index contributed by atoms with van der Waals surface area (Å²) < 4.78 is 2.15. The molecule has 0 aliphatic rings. The van der Waals surface area contributed by atoms with E-state index in [0.717, 1.165) is 5.52 Å². The summed E-state index contributed by atoms with van der Waals surface area (Å²) in [6, 6.07) is 2.25. The van der Waals surface area contributed by atoms with Gasteiger partial charge in [0.1, 0.15) is 0 Å². The van der Waals surface area contributed by atoms with Crippen LogP contribution in [-0.4, -0.2) is 9.55 Å². The minimum Gasteiger partial charge on any atom is -0.349 e. The molecule has 2 heteroatoms. The van der Waals surface area contributed by atoms with Crippen molar-refractivity contribution in [1.82, 2.24) is 9.55 Å². The third-order valence-electron chi connectivity index (χ3n) is 2.87. The molecule has 2 aromatic heterocycles. The number of nitrogens with zero attached hydrogens (tertiary/aromatic N) is 2. The summed E-state index contributed by atoms with van der Waals surface area (Å²) in [7, 11) is 2.07. The van der Waals surface area contributed by atoms with E-state index in [2.05, 4.69) is 56.6 Å². The number of aryl methyl sites for hydroxylation is 2. The summed E-state index contributed by atoms with van der Waals surface area (Å²) in [6.45, 7) is 8.75. The predicted molar refractivity (Wildman–Crippen MR) is 64.2 cm³/mol. The SMILES string of the molecule is Cc1cn(C)c2cc(C(C)(C)C)cnc12. The molecule has 80 valence electrons. The van der Waals surface area contributed by atoms with Crippen LogP contribution in [-0.2, 0) is 12.5 Å². The van der Waals surface area contributed by atoms with Gasteiger partial charge in [-0.05, 0) is 29.5 Å². The maximum Gasteiger partial charge on any atom is 0.0910 e. The molecule has 0 saturated carbocycles. The zero-order valence-electron chi connectivity index (χ0n) is 10.1. The van der Waals surface area contributed by atoms with Gasteiger partial charge in [0.2, 0.25) is 0 Å². The fourth-order valence-electron chi connectivity index (χ4n) is 1.86. The molecule has 0 saturated heterocycles. The van der Waals surface area contributed by atoms with Crippen molar-refractivity contribution >= 4 is 11.0 Å². The highest BCUT2D eigenvalue weighted by atomic mass is 14.9. The van der Waals surface area contributed by atoms with Crippen LogP contribution in [0.1, 0.15) is 31.9 Å². The third kappa shape index (κ3) is 1.65. The minimum atomic E-state index is 0.166. The van der Waals surface area contributed by atoms with Crippen LogP contribution < -0.4 is 0 Å². The molecular formula is C13H18N2. The van der Waals surface area contributed by atoms with Gasteiger partial charge < -0.3 is 4.57 Å². The molecule has 0 bridgehead atoms. The summed E-state index contributed by atoms with van der Waals surface area (Å²) in [4.78, 5) is 4.55. The van der Waals surface area contributed by atoms with E-state index in [9.17, 15) is 0 Å². The number of pyridine rings is 1. The van der Waals surface area contributed by atoms with Crippen molar-refractivity contribution in [1.29, 1.82) is 0 Å². The van der Waals surface area contributed by atoms with Crippen LogP contribution in [0.3, 0.4) is 0 Å². The van der Waals surface area contributed by atoms with Gasteiger partial charge in [-0.2, -0.15) is 0 Å². The zero-order valence-corrected chi connectivity index (χ0v) is 10.1. The van der Waals surface area contributed by atoms with Gasteiger partial charge >= 0.3 is 0 Å². The normalized spacial score (nSPS) is 12.3. The van der Waals surface area contributed by atoms with Gasteiger partial charge in [0, 0.05) is 19.4 Å². The second-order valence-corrected chi connectivity index (χ2v) is 5.26. The summed E-state index contributed by atoms with van der Waals surface area (Å²) in [5, 5.41) is 0. The van der Waals surface area contributed by atoms with Crippen LogP contribution in [0.4, 0.5) is 0 Å². The number of rotatable bonds is 0. The van der Waals surface area contributed by atoms with Gasteiger partial charge in [-0.1, -0.05) is 20.8 Å². The monoisotopic (exact) mass is 202 g/mol. The van der Waals surface area contributed by atoms with Gasteiger partial charge in [0.05, 0.1) is 11.0 Å². The van der Waals surface area contributed by atoms with Gasteiger partial charge in [-0.25, -0.2) is 0 Å². The lowest BCUT2D eigenvalue weighted by Crippen LogP contribution is -2.11. The molecule has 0 aliphatic carbocycles. The molecule has 0 N–H and O–H groups in total. The molecule has 0 atom stereocenters. The molecule has 0 aromatic carbocycles. The van der Waals surface area contributed by atoms with Crippen molar-refractivity contribution in [2.75, 3.05) is 0 Å². The van der Waals surface area contributed by atoms with Crippen molar-refractivity contribution in [3.8, 4) is 0 Å². The smallest absolute Gasteiger partial charge is 0.0910 e. The Morgan fingerprint density at radius 3 is 2.53 bits per heavy atom. The lowest BCUT2D eigenvalue weighted by Gasteiger charge is -2.18. The molecule has 0 unspecified atom stereocenters. The second-order valence-electron chi connectivity index (χ2n) is 5.26. The quantitative estimate of drug-likeness (QED) is 0.641. The Labute approximate surface area is 90.9 Å². The van der Waals surface area contributed by atoms with E-state index < -0.39 is 0 Å². The van der Waals surface area contributed by atoms with Crippen LogP contribution >= 0.6 is 0 Å². The summed E-state index contributed by atoms with van der Waals surface area (Å²) in [6.07, 6.45) is 4.12. The molecule has 15 heavy (non-hydrogen) atoms. The van der Waals surface area contributed by atoms with E-state index in [1.165, 1.54) is 16.6 Å². The Morgan fingerprint density at radius 2 is 1.93 bits per heavy atom. The zero-order chi connectivity index (χ0) is 11.2. The largest absolute Gasteiger partial charge is 0.349 e. The van der Waals surface area contributed by atoms with Gasteiger partial charge in [0.15, 0.2) is 0 Å². The van der Waals surface area contributed by atoms with Crippen LogP contribution in [0, 0.1) is 6.92 Å². The molecule has 2 rings (SSSR count). The minimum absolute atomic E-state index is 0.166. The molecule has 0 spiro atoms. The highest BCUT2D eigenvalue weighted by Gasteiger charge is 2.15. The van der Waals surface area contributed by atoms with E-state index >= 15 is 0 Å². The van der Waals surface area contributed by atoms with E-state index in [-0.39, 0.29) is 5.41 Å². The average molecular weight is 202 g/mol. The number of fused-ring (bicyclic) bond motifs is 1. The van der Waals surface area contributed by atoms with Crippen molar-refractivity contribution in [3.63, 3.8) is 0 Å². The molecule has 2 nitrogen and oxygen atoms in total. The first-order valence-electron chi connectivity index (χ1n) is 5.32. The Balaban J connectivity index is 2.71. The van der Waals surface area contributed by atoms with E-state index in [1.807, 2.05) is 6.20 Å². The molecular weight excluding hydrogens is 184 g/mol. The Bertz CT molecular complexity index is 501. The third-order valence-corrected chi connectivity index (χ3v) is 2.87. The lowest BCUT2D eigenvalue weighted by molar-refractivity contribution is 0.588. The predicted octanol–water partition coefficient (Wildman–Crippen LogP) is 3.18. The highest BCUT2D eigenvalue weighted by molar-refractivity contribution is 5.80. The number of hydrogen-bond donors (Lipinski definition) is 0. The summed E-state index contributed by atoms with van der Waals surface area (Å²) >= 11 is 0. The van der Waals surface area contributed by atoms with Crippen molar-refractivity contribution < 1.29 is 0 Å². The lowest BCUT2D eigenvalue weighted by atomic mass is 9.88. The Hall–Kier alpha value is -1.31. The molecule has 0 aliphatic heterocycles. The second kappa shape index (κ2) is 3.09.